The topological polar surface area (TPSA) is 84.2 Å². The lowest BCUT2D eigenvalue weighted by Crippen LogP contribution is -2.44. The lowest BCUT2D eigenvalue weighted by Gasteiger charge is -2.12. The van der Waals surface area contributed by atoms with Crippen LogP contribution >= 0.6 is 22.7 Å². The van der Waals surface area contributed by atoms with E-state index in [4.69, 9.17) is 4.42 Å². The summed E-state index contributed by atoms with van der Waals surface area (Å²) in [6, 6.07) is 14.5. The number of thiazole rings is 1. The van der Waals surface area contributed by atoms with Crippen molar-refractivity contribution in [3.05, 3.63) is 65.4 Å². The molecule has 0 radical (unpaired) electrons. The minimum Gasteiger partial charge on any atom is -0.467 e. The minimum absolute atomic E-state index is 0.271. The van der Waals surface area contributed by atoms with Crippen molar-refractivity contribution in [2.75, 3.05) is 0 Å². The molecule has 3 aromatic heterocycles. The zero-order chi connectivity index (χ0) is 19.5. The highest BCUT2D eigenvalue weighted by Crippen LogP contribution is 2.34. The average Bonchev–Trinajstić information content (AvgIpc) is 3.45. The highest BCUT2D eigenvalue weighted by Gasteiger charge is 2.19. The number of fused-ring (bicyclic) bond motifs is 1. The molecule has 0 aliphatic heterocycles. The Balaban J connectivity index is 1.39. The molecule has 0 aliphatic carbocycles. The number of aromatic nitrogens is 1. The van der Waals surface area contributed by atoms with Gasteiger partial charge in [0.15, 0.2) is 0 Å². The fourth-order valence-corrected chi connectivity index (χ4v) is 4.56. The van der Waals surface area contributed by atoms with Gasteiger partial charge in [-0.3, -0.25) is 9.59 Å². The molecule has 0 saturated carbocycles. The standard InChI is InChI=1S/C20H17N3O3S2/c1-12(18(24)21-11-13-5-4-10-26-13)22-19(25)16-8-9-17(27-16)20-23-14-6-2-3-7-15(14)28-20/h2-10,12H,11H2,1H3,(H,21,24)(H,22,25). The first-order valence-corrected chi connectivity index (χ1v) is 10.3. The molecule has 1 unspecified atom stereocenters. The number of rotatable bonds is 6. The van der Waals surface area contributed by atoms with Gasteiger partial charge < -0.3 is 15.1 Å². The maximum atomic E-state index is 12.5. The molecule has 142 valence electrons. The van der Waals surface area contributed by atoms with E-state index in [9.17, 15) is 9.59 Å². The Morgan fingerprint density at radius 3 is 2.75 bits per heavy atom. The predicted molar refractivity (Wildman–Crippen MR) is 110 cm³/mol. The SMILES string of the molecule is CC(NC(=O)c1ccc(-c2nc3ccccc3s2)s1)C(=O)NCc1ccco1. The van der Waals surface area contributed by atoms with Gasteiger partial charge in [-0.2, -0.15) is 0 Å². The first-order valence-electron chi connectivity index (χ1n) is 8.67. The van der Waals surface area contributed by atoms with Crippen LogP contribution in [0.25, 0.3) is 20.1 Å². The van der Waals surface area contributed by atoms with E-state index in [2.05, 4.69) is 15.6 Å². The van der Waals surface area contributed by atoms with Crippen molar-refractivity contribution in [3.8, 4) is 9.88 Å². The minimum atomic E-state index is -0.657. The molecular weight excluding hydrogens is 394 g/mol. The molecule has 3 heterocycles. The summed E-state index contributed by atoms with van der Waals surface area (Å²) in [5.74, 6) is 0.108. The molecule has 1 aromatic carbocycles. The van der Waals surface area contributed by atoms with Crippen LogP contribution in [0.3, 0.4) is 0 Å². The number of para-hydroxylation sites is 1. The Kier molecular flexibility index (Phi) is 5.23. The van der Waals surface area contributed by atoms with Crippen LogP contribution in [0.2, 0.25) is 0 Å². The zero-order valence-electron chi connectivity index (χ0n) is 15.0. The predicted octanol–water partition coefficient (Wildman–Crippen LogP) is 4.05. The van der Waals surface area contributed by atoms with Gasteiger partial charge in [-0.1, -0.05) is 12.1 Å². The third-order valence-electron chi connectivity index (χ3n) is 4.09. The first kappa shape index (κ1) is 18.4. The second kappa shape index (κ2) is 7.95. The third-order valence-corrected chi connectivity index (χ3v) is 6.38. The Labute approximate surface area is 169 Å². The van der Waals surface area contributed by atoms with Gasteiger partial charge in [0.25, 0.3) is 5.91 Å². The molecule has 2 amide bonds. The van der Waals surface area contributed by atoms with Crippen molar-refractivity contribution in [2.24, 2.45) is 0 Å². The Morgan fingerprint density at radius 2 is 1.96 bits per heavy atom. The zero-order valence-corrected chi connectivity index (χ0v) is 16.6. The summed E-state index contributed by atoms with van der Waals surface area (Å²) in [6.07, 6.45) is 1.55. The maximum absolute atomic E-state index is 12.5. The molecule has 0 saturated heterocycles. The Morgan fingerprint density at radius 1 is 1.11 bits per heavy atom. The molecule has 0 aliphatic rings. The van der Waals surface area contributed by atoms with Crippen molar-refractivity contribution < 1.29 is 14.0 Å². The molecule has 4 aromatic rings. The van der Waals surface area contributed by atoms with Crippen molar-refractivity contribution in [3.63, 3.8) is 0 Å². The van der Waals surface area contributed by atoms with Crippen molar-refractivity contribution in [1.82, 2.24) is 15.6 Å². The van der Waals surface area contributed by atoms with Crippen molar-refractivity contribution in [2.45, 2.75) is 19.5 Å². The molecule has 0 spiro atoms. The summed E-state index contributed by atoms with van der Waals surface area (Å²) in [5, 5.41) is 6.35. The smallest absolute Gasteiger partial charge is 0.262 e. The van der Waals surface area contributed by atoms with Gasteiger partial charge in [0.2, 0.25) is 5.91 Å². The number of nitrogens with zero attached hydrogens (tertiary/aromatic N) is 1. The third kappa shape index (κ3) is 3.97. The van der Waals surface area contributed by atoms with E-state index in [1.54, 1.807) is 42.7 Å². The van der Waals surface area contributed by atoms with Gasteiger partial charge in [-0.05, 0) is 43.3 Å². The normalized spacial score (nSPS) is 12.0. The summed E-state index contributed by atoms with van der Waals surface area (Å²) in [5.41, 5.74) is 0.948. The van der Waals surface area contributed by atoms with Gasteiger partial charge in [0.1, 0.15) is 16.8 Å². The van der Waals surface area contributed by atoms with E-state index in [-0.39, 0.29) is 18.4 Å². The van der Waals surface area contributed by atoms with Crippen molar-refractivity contribution >= 4 is 44.7 Å². The summed E-state index contributed by atoms with van der Waals surface area (Å²) in [7, 11) is 0. The average molecular weight is 412 g/mol. The quantitative estimate of drug-likeness (QED) is 0.501. The van der Waals surface area contributed by atoms with E-state index >= 15 is 0 Å². The fourth-order valence-electron chi connectivity index (χ4n) is 2.63. The Bertz CT molecular complexity index is 1080. The number of furan rings is 1. The number of hydrogen-bond acceptors (Lipinski definition) is 6. The number of carbonyl (C=O) groups is 2. The van der Waals surface area contributed by atoms with E-state index < -0.39 is 6.04 Å². The second-order valence-electron chi connectivity index (χ2n) is 6.14. The molecule has 0 fully saturated rings. The molecule has 4 rings (SSSR count). The van der Waals surface area contributed by atoms with Crippen LogP contribution in [-0.4, -0.2) is 22.8 Å². The summed E-state index contributed by atoms with van der Waals surface area (Å²) < 4.78 is 6.29. The lowest BCUT2D eigenvalue weighted by molar-refractivity contribution is -0.122. The van der Waals surface area contributed by atoms with Crippen molar-refractivity contribution in [1.29, 1.82) is 0 Å². The number of thiophene rings is 1. The van der Waals surface area contributed by atoms with Crippen LogP contribution in [0, 0.1) is 0 Å². The Hall–Kier alpha value is -2.97. The van der Waals surface area contributed by atoms with Gasteiger partial charge in [0.05, 0.1) is 32.8 Å². The van der Waals surface area contributed by atoms with Crippen LogP contribution in [0.1, 0.15) is 22.4 Å². The number of carbonyl (C=O) groups excluding carboxylic acids is 2. The summed E-state index contributed by atoms with van der Waals surface area (Å²) >= 11 is 2.96. The van der Waals surface area contributed by atoms with Crippen LogP contribution in [0.5, 0.6) is 0 Å². The van der Waals surface area contributed by atoms with E-state index in [0.29, 0.717) is 10.6 Å². The molecule has 28 heavy (non-hydrogen) atoms. The maximum Gasteiger partial charge on any atom is 0.262 e. The second-order valence-corrected chi connectivity index (χ2v) is 8.26. The number of benzene rings is 1. The molecule has 1 atom stereocenters. The summed E-state index contributed by atoms with van der Waals surface area (Å²) in [4.78, 5) is 30.7. The van der Waals surface area contributed by atoms with E-state index in [1.807, 2.05) is 30.3 Å². The van der Waals surface area contributed by atoms with Gasteiger partial charge >= 0.3 is 0 Å². The first-order chi connectivity index (χ1) is 13.6. The number of nitrogens with one attached hydrogen (secondary N) is 2. The number of amides is 2. The van der Waals surface area contributed by atoms with Crippen LogP contribution < -0.4 is 10.6 Å². The fraction of sp³-hybridized carbons (Fsp3) is 0.150. The summed E-state index contributed by atoms with van der Waals surface area (Å²) in [6.45, 7) is 1.93. The lowest BCUT2D eigenvalue weighted by atomic mass is 10.3. The largest absolute Gasteiger partial charge is 0.467 e. The molecule has 8 heteroatoms. The highest BCUT2D eigenvalue weighted by molar-refractivity contribution is 7.26. The van der Waals surface area contributed by atoms with Crippen LogP contribution in [-0.2, 0) is 11.3 Å². The van der Waals surface area contributed by atoms with Crippen LogP contribution in [0.4, 0.5) is 0 Å². The van der Waals surface area contributed by atoms with Crippen LogP contribution in [0.15, 0.2) is 59.2 Å². The van der Waals surface area contributed by atoms with E-state index in [0.717, 1.165) is 20.1 Å². The molecule has 6 nitrogen and oxygen atoms in total. The van der Waals surface area contributed by atoms with Gasteiger partial charge in [-0.25, -0.2) is 4.98 Å². The molecular formula is C20H17N3O3S2. The molecule has 2 N–H and O–H groups in total. The monoisotopic (exact) mass is 411 g/mol. The van der Waals surface area contributed by atoms with Gasteiger partial charge in [-0.15, -0.1) is 22.7 Å². The highest BCUT2D eigenvalue weighted by atomic mass is 32.1. The number of hydrogen-bond donors (Lipinski definition) is 2. The molecule has 0 bridgehead atoms. The van der Waals surface area contributed by atoms with E-state index in [1.165, 1.54) is 11.3 Å². The van der Waals surface area contributed by atoms with Gasteiger partial charge in [0, 0.05) is 0 Å².